The molecule has 104 valence electrons. The van der Waals surface area contributed by atoms with Crippen molar-refractivity contribution in [3.05, 3.63) is 24.4 Å². The molecule has 1 aliphatic heterocycles. The molecule has 2 amide bonds. The van der Waals surface area contributed by atoms with E-state index in [0.717, 1.165) is 23.7 Å². The second-order valence-electron chi connectivity index (χ2n) is 4.99. The number of nitrogens with zero attached hydrogens (tertiary/aromatic N) is 2. The van der Waals surface area contributed by atoms with Gasteiger partial charge in [0.15, 0.2) is 0 Å². The second-order valence-corrected chi connectivity index (χ2v) is 4.99. The Morgan fingerprint density at radius 1 is 1.40 bits per heavy atom. The molecule has 1 aromatic heterocycles. The van der Waals surface area contributed by atoms with Gasteiger partial charge >= 0.3 is 0 Å². The smallest absolute Gasteiger partial charge is 0.243 e. The van der Waals surface area contributed by atoms with Crippen LogP contribution in [-0.2, 0) is 9.59 Å². The number of H-pyrrole nitrogens is 1. The van der Waals surface area contributed by atoms with Crippen LogP contribution in [0.25, 0.3) is 10.9 Å². The van der Waals surface area contributed by atoms with E-state index in [2.05, 4.69) is 15.5 Å². The van der Waals surface area contributed by atoms with E-state index in [-0.39, 0.29) is 18.4 Å². The third kappa shape index (κ3) is 2.64. The number of anilines is 1. The topological polar surface area (TPSA) is 78.1 Å². The van der Waals surface area contributed by atoms with Crippen molar-refractivity contribution < 1.29 is 9.59 Å². The summed E-state index contributed by atoms with van der Waals surface area (Å²) in [6, 6.07) is 5.54. The molecule has 0 spiro atoms. The van der Waals surface area contributed by atoms with Crippen LogP contribution in [-0.4, -0.2) is 40.0 Å². The first-order chi connectivity index (χ1) is 9.72. The summed E-state index contributed by atoms with van der Waals surface area (Å²) in [5.41, 5.74) is 1.64. The molecule has 1 aromatic carbocycles. The fraction of sp³-hybridized carbons (Fsp3) is 0.357. The lowest BCUT2D eigenvalue weighted by atomic mass is 10.1. The van der Waals surface area contributed by atoms with Crippen LogP contribution >= 0.6 is 0 Å². The molecule has 1 saturated heterocycles. The quantitative estimate of drug-likeness (QED) is 0.889. The minimum absolute atomic E-state index is 0.0664. The first kappa shape index (κ1) is 12.7. The molecule has 1 aliphatic rings. The van der Waals surface area contributed by atoms with Crippen molar-refractivity contribution in [2.45, 2.75) is 19.3 Å². The lowest BCUT2D eigenvalue weighted by Gasteiger charge is -2.25. The van der Waals surface area contributed by atoms with E-state index >= 15 is 0 Å². The van der Waals surface area contributed by atoms with E-state index in [1.807, 2.05) is 18.2 Å². The summed E-state index contributed by atoms with van der Waals surface area (Å²) in [7, 11) is 0. The average Bonchev–Trinajstić information content (AvgIpc) is 2.89. The fourth-order valence-electron chi connectivity index (χ4n) is 2.42. The van der Waals surface area contributed by atoms with Crippen molar-refractivity contribution in [3.63, 3.8) is 0 Å². The first-order valence-electron chi connectivity index (χ1n) is 6.73. The third-order valence-corrected chi connectivity index (χ3v) is 3.48. The van der Waals surface area contributed by atoms with Crippen LogP contribution in [0.4, 0.5) is 5.69 Å². The van der Waals surface area contributed by atoms with Crippen LogP contribution in [0.15, 0.2) is 24.4 Å². The summed E-state index contributed by atoms with van der Waals surface area (Å²) < 4.78 is 0. The van der Waals surface area contributed by atoms with Gasteiger partial charge < -0.3 is 10.2 Å². The molecule has 3 rings (SSSR count). The van der Waals surface area contributed by atoms with Gasteiger partial charge in [-0.2, -0.15) is 5.10 Å². The highest BCUT2D eigenvalue weighted by atomic mass is 16.2. The molecule has 0 aliphatic carbocycles. The Labute approximate surface area is 116 Å². The Hall–Kier alpha value is -2.37. The van der Waals surface area contributed by atoms with Gasteiger partial charge in [-0.3, -0.25) is 14.7 Å². The Balaban J connectivity index is 1.64. The van der Waals surface area contributed by atoms with E-state index in [4.69, 9.17) is 0 Å². The molecular weight excluding hydrogens is 256 g/mol. The van der Waals surface area contributed by atoms with Crippen LogP contribution in [0.5, 0.6) is 0 Å². The summed E-state index contributed by atoms with van der Waals surface area (Å²) >= 11 is 0. The zero-order valence-electron chi connectivity index (χ0n) is 11.1. The molecule has 1 fully saturated rings. The fourth-order valence-corrected chi connectivity index (χ4v) is 2.42. The Morgan fingerprint density at radius 2 is 2.30 bits per heavy atom. The van der Waals surface area contributed by atoms with Crippen LogP contribution in [0, 0.1) is 0 Å². The number of amides is 2. The number of fused-ring (bicyclic) bond motifs is 1. The second kappa shape index (κ2) is 5.32. The molecule has 0 bridgehead atoms. The number of aromatic nitrogens is 2. The van der Waals surface area contributed by atoms with Crippen molar-refractivity contribution in [2.75, 3.05) is 18.4 Å². The largest absolute Gasteiger partial charge is 0.333 e. The van der Waals surface area contributed by atoms with E-state index in [9.17, 15) is 9.59 Å². The highest BCUT2D eigenvalue weighted by Gasteiger charge is 2.20. The van der Waals surface area contributed by atoms with E-state index < -0.39 is 0 Å². The van der Waals surface area contributed by atoms with E-state index in [1.54, 1.807) is 11.1 Å². The maximum Gasteiger partial charge on any atom is 0.243 e. The summed E-state index contributed by atoms with van der Waals surface area (Å²) in [5.74, 6) is -0.0974. The molecule has 0 unspecified atom stereocenters. The number of aromatic amines is 1. The predicted octanol–water partition coefficient (Wildman–Crippen LogP) is 1.51. The lowest BCUT2D eigenvalue weighted by Crippen LogP contribution is -2.40. The predicted molar refractivity (Wildman–Crippen MR) is 75.2 cm³/mol. The van der Waals surface area contributed by atoms with Gasteiger partial charge in [0.05, 0.1) is 18.3 Å². The zero-order chi connectivity index (χ0) is 13.9. The van der Waals surface area contributed by atoms with Crippen molar-refractivity contribution >= 4 is 28.4 Å². The molecule has 0 atom stereocenters. The van der Waals surface area contributed by atoms with Gasteiger partial charge in [-0.1, -0.05) is 0 Å². The zero-order valence-corrected chi connectivity index (χ0v) is 11.1. The van der Waals surface area contributed by atoms with Crippen LogP contribution in [0.1, 0.15) is 19.3 Å². The highest BCUT2D eigenvalue weighted by molar-refractivity contribution is 5.96. The van der Waals surface area contributed by atoms with Crippen molar-refractivity contribution in [2.24, 2.45) is 0 Å². The molecular formula is C14H16N4O2. The van der Waals surface area contributed by atoms with Gasteiger partial charge in [0.25, 0.3) is 0 Å². The molecule has 2 aromatic rings. The molecule has 2 N–H and O–H groups in total. The Morgan fingerprint density at radius 3 is 3.15 bits per heavy atom. The van der Waals surface area contributed by atoms with Gasteiger partial charge in [0.1, 0.15) is 0 Å². The monoisotopic (exact) mass is 272 g/mol. The maximum atomic E-state index is 12.0. The number of rotatable bonds is 3. The Bertz CT molecular complexity index is 649. The summed E-state index contributed by atoms with van der Waals surface area (Å²) in [4.78, 5) is 25.2. The van der Waals surface area contributed by atoms with E-state index in [0.29, 0.717) is 18.7 Å². The highest BCUT2D eigenvalue weighted by Crippen LogP contribution is 2.17. The summed E-state index contributed by atoms with van der Waals surface area (Å²) in [6.07, 6.45) is 4.15. The Kier molecular flexibility index (Phi) is 3.37. The van der Waals surface area contributed by atoms with Gasteiger partial charge in [0, 0.05) is 24.0 Å². The molecule has 0 saturated carbocycles. The van der Waals surface area contributed by atoms with Gasteiger partial charge in [-0.05, 0) is 31.0 Å². The molecule has 6 nitrogen and oxygen atoms in total. The van der Waals surface area contributed by atoms with Gasteiger partial charge in [-0.15, -0.1) is 0 Å². The normalized spacial score (nSPS) is 15.6. The van der Waals surface area contributed by atoms with Crippen molar-refractivity contribution in [1.82, 2.24) is 15.1 Å². The van der Waals surface area contributed by atoms with Gasteiger partial charge in [0.2, 0.25) is 11.8 Å². The number of piperidine rings is 1. The number of nitrogens with one attached hydrogen (secondary N) is 2. The standard InChI is InChI=1S/C14H16N4O2/c19-13(9-18-6-2-1-3-14(18)20)16-11-4-5-12-10(7-11)8-15-17-12/h4-5,7-8H,1-3,6,9H2,(H,15,17)(H,16,19). The molecule has 20 heavy (non-hydrogen) atoms. The number of carbonyl (C=O) groups is 2. The van der Waals surface area contributed by atoms with Gasteiger partial charge in [-0.25, -0.2) is 0 Å². The average molecular weight is 272 g/mol. The number of benzene rings is 1. The third-order valence-electron chi connectivity index (χ3n) is 3.48. The van der Waals surface area contributed by atoms with Crippen LogP contribution < -0.4 is 5.32 Å². The minimum atomic E-state index is -0.164. The van der Waals surface area contributed by atoms with E-state index in [1.165, 1.54) is 0 Å². The van der Waals surface area contributed by atoms with Crippen LogP contribution in [0.3, 0.4) is 0 Å². The first-order valence-corrected chi connectivity index (χ1v) is 6.73. The summed E-state index contributed by atoms with van der Waals surface area (Å²) in [5, 5.41) is 10.5. The maximum absolute atomic E-state index is 12.0. The van der Waals surface area contributed by atoms with Crippen LogP contribution in [0.2, 0.25) is 0 Å². The number of hydrogen-bond donors (Lipinski definition) is 2. The van der Waals surface area contributed by atoms with Crippen molar-refractivity contribution in [1.29, 1.82) is 0 Å². The molecule has 2 heterocycles. The lowest BCUT2D eigenvalue weighted by molar-refractivity contribution is -0.136. The number of hydrogen-bond acceptors (Lipinski definition) is 3. The molecule has 0 radical (unpaired) electrons. The van der Waals surface area contributed by atoms with Crippen molar-refractivity contribution in [3.8, 4) is 0 Å². The SMILES string of the molecule is O=C(CN1CCCCC1=O)Nc1ccc2[nH]ncc2c1. The summed E-state index contributed by atoms with van der Waals surface area (Å²) in [6.45, 7) is 0.801. The number of likely N-dealkylation sites (tertiary alicyclic amines) is 1. The molecule has 6 heteroatoms. The number of carbonyl (C=O) groups excluding carboxylic acids is 2. The minimum Gasteiger partial charge on any atom is -0.333 e.